The van der Waals surface area contributed by atoms with E-state index in [-0.39, 0.29) is 23.5 Å². The van der Waals surface area contributed by atoms with Crippen molar-refractivity contribution in [3.8, 4) is 5.75 Å². The van der Waals surface area contributed by atoms with Crippen LogP contribution in [0, 0.1) is 6.92 Å². The molecule has 1 rings (SSSR count). The lowest BCUT2D eigenvalue weighted by molar-refractivity contribution is 0.0693. The number of carbonyl (C=O) groups is 1. The van der Waals surface area contributed by atoms with Crippen molar-refractivity contribution < 1.29 is 19.4 Å². The third kappa shape index (κ3) is 2.84. The summed E-state index contributed by atoms with van der Waals surface area (Å²) in [6.07, 6.45) is 0. The maximum absolute atomic E-state index is 12.3. The molecule has 0 radical (unpaired) electrons. The van der Waals surface area contributed by atoms with E-state index in [9.17, 15) is 14.3 Å². The highest BCUT2D eigenvalue weighted by Crippen LogP contribution is 2.28. The Kier molecular flexibility index (Phi) is 5.20. The number of hydrogen-bond donors (Lipinski definition) is 3. The van der Waals surface area contributed by atoms with Crippen molar-refractivity contribution >= 4 is 18.4 Å². The molecule has 4 N–H and O–H groups in total. The molecule has 0 amide bonds. The highest BCUT2D eigenvalue weighted by atomic mass is 35.5. The van der Waals surface area contributed by atoms with Crippen LogP contribution in [0.4, 0.5) is 4.39 Å². The first-order valence-electron chi connectivity index (χ1n) is 4.35. The molecule has 0 unspecified atom stereocenters. The lowest BCUT2D eigenvalue weighted by atomic mass is 10.00. The molecular formula is C10H13ClFNO3. The first kappa shape index (κ1) is 14.7. The first-order valence-corrected chi connectivity index (χ1v) is 4.35. The minimum Gasteiger partial charge on any atom is -0.507 e. The molecule has 0 spiro atoms. The van der Waals surface area contributed by atoms with Gasteiger partial charge in [0.2, 0.25) is 0 Å². The second-order valence-electron chi connectivity index (χ2n) is 3.32. The predicted molar refractivity (Wildman–Crippen MR) is 60.0 cm³/mol. The molecule has 6 heteroatoms. The fourth-order valence-electron chi connectivity index (χ4n) is 1.34. The Morgan fingerprint density at radius 2 is 2.12 bits per heavy atom. The molecule has 4 nitrogen and oxygen atoms in total. The Labute approximate surface area is 98.3 Å². The molecule has 1 atom stereocenters. The van der Waals surface area contributed by atoms with Gasteiger partial charge in [0.05, 0.1) is 6.04 Å². The van der Waals surface area contributed by atoms with Gasteiger partial charge in [-0.1, -0.05) is 6.07 Å². The highest BCUT2D eigenvalue weighted by Gasteiger charge is 2.18. The molecule has 1 aromatic rings. The average molecular weight is 250 g/mol. The van der Waals surface area contributed by atoms with Crippen LogP contribution in [0.15, 0.2) is 12.1 Å². The Bertz CT molecular complexity index is 398. The zero-order valence-corrected chi connectivity index (χ0v) is 9.42. The molecule has 0 heterocycles. The fraction of sp³-hybridized carbons (Fsp3) is 0.300. The predicted octanol–water partition coefficient (Wildman–Crippen LogP) is 1.79. The molecule has 90 valence electrons. The van der Waals surface area contributed by atoms with Crippen molar-refractivity contribution in [1.82, 2.24) is 0 Å². The van der Waals surface area contributed by atoms with Gasteiger partial charge >= 0.3 is 5.97 Å². The maximum atomic E-state index is 12.3. The molecule has 1 aromatic carbocycles. The Morgan fingerprint density at radius 1 is 1.56 bits per heavy atom. The standard InChI is InChI=1S/C10H12FNO3.ClH/c1-5-2-6(8(12)4-11)9(13)7(3-5)10(14)15;/h2-3,8,13H,4,12H2,1H3,(H,14,15);1H/t8-;/m1./s1. The molecule has 0 saturated heterocycles. The van der Waals surface area contributed by atoms with Gasteiger partial charge in [0.1, 0.15) is 18.0 Å². The van der Waals surface area contributed by atoms with Crippen LogP contribution < -0.4 is 5.73 Å². The van der Waals surface area contributed by atoms with Gasteiger partial charge in [0.25, 0.3) is 0 Å². The Balaban J connectivity index is 0.00000225. The van der Waals surface area contributed by atoms with E-state index in [1.54, 1.807) is 6.92 Å². The SMILES string of the molecule is Cc1cc(C(=O)O)c(O)c([C@H](N)CF)c1.Cl. The number of nitrogens with two attached hydrogens (primary N) is 1. The minimum atomic E-state index is -1.26. The minimum absolute atomic E-state index is 0. The molecular weight excluding hydrogens is 237 g/mol. The van der Waals surface area contributed by atoms with E-state index in [2.05, 4.69) is 0 Å². The van der Waals surface area contributed by atoms with Crippen molar-refractivity contribution in [3.05, 3.63) is 28.8 Å². The van der Waals surface area contributed by atoms with Crippen LogP contribution in [0.3, 0.4) is 0 Å². The summed E-state index contributed by atoms with van der Waals surface area (Å²) in [7, 11) is 0. The molecule has 0 aliphatic heterocycles. The zero-order chi connectivity index (χ0) is 11.6. The number of aromatic hydroxyl groups is 1. The topological polar surface area (TPSA) is 83.5 Å². The summed E-state index contributed by atoms with van der Waals surface area (Å²) in [4.78, 5) is 10.7. The molecule has 0 aromatic heterocycles. The van der Waals surface area contributed by atoms with Gasteiger partial charge < -0.3 is 15.9 Å². The molecule has 16 heavy (non-hydrogen) atoms. The van der Waals surface area contributed by atoms with Crippen LogP contribution in [0.2, 0.25) is 0 Å². The Morgan fingerprint density at radius 3 is 2.56 bits per heavy atom. The summed E-state index contributed by atoms with van der Waals surface area (Å²) in [6.45, 7) is 0.802. The monoisotopic (exact) mass is 249 g/mol. The van der Waals surface area contributed by atoms with Gasteiger partial charge in [-0.15, -0.1) is 12.4 Å². The van der Waals surface area contributed by atoms with Crippen LogP contribution in [-0.4, -0.2) is 22.9 Å². The van der Waals surface area contributed by atoms with E-state index in [4.69, 9.17) is 10.8 Å². The van der Waals surface area contributed by atoms with E-state index in [0.29, 0.717) is 5.56 Å². The molecule has 0 aliphatic carbocycles. The summed E-state index contributed by atoms with van der Waals surface area (Å²) in [5.74, 6) is -1.72. The second kappa shape index (κ2) is 5.67. The van der Waals surface area contributed by atoms with E-state index < -0.39 is 24.4 Å². The van der Waals surface area contributed by atoms with E-state index in [1.165, 1.54) is 12.1 Å². The van der Waals surface area contributed by atoms with Crippen LogP contribution in [0.5, 0.6) is 5.75 Å². The molecule has 0 fully saturated rings. The largest absolute Gasteiger partial charge is 0.507 e. The fourth-order valence-corrected chi connectivity index (χ4v) is 1.34. The van der Waals surface area contributed by atoms with Gasteiger partial charge in [-0.25, -0.2) is 9.18 Å². The number of hydrogen-bond acceptors (Lipinski definition) is 3. The quantitative estimate of drug-likeness (QED) is 0.763. The normalized spacial score (nSPS) is 11.7. The van der Waals surface area contributed by atoms with Gasteiger partial charge in [-0.2, -0.15) is 0 Å². The van der Waals surface area contributed by atoms with Crippen molar-refractivity contribution in [3.63, 3.8) is 0 Å². The number of rotatable bonds is 3. The van der Waals surface area contributed by atoms with Crippen LogP contribution in [-0.2, 0) is 0 Å². The number of carboxylic acid groups (broad SMARTS) is 1. The van der Waals surface area contributed by atoms with Crippen molar-refractivity contribution in [2.24, 2.45) is 5.73 Å². The smallest absolute Gasteiger partial charge is 0.339 e. The number of benzene rings is 1. The highest BCUT2D eigenvalue weighted by molar-refractivity contribution is 5.91. The number of carboxylic acids is 1. The molecule has 0 bridgehead atoms. The van der Waals surface area contributed by atoms with Crippen molar-refractivity contribution in [2.45, 2.75) is 13.0 Å². The average Bonchev–Trinajstić information content (AvgIpc) is 2.19. The van der Waals surface area contributed by atoms with Crippen LogP contribution in [0.1, 0.15) is 27.5 Å². The zero-order valence-electron chi connectivity index (χ0n) is 8.61. The Hall–Kier alpha value is -1.33. The van der Waals surface area contributed by atoms with Gasteiger partial charge in [0, 0.05) is 5.56 Å². The van der Waals surface area contributed by atoms with E-state index in [1.807, 2.05) is 0 Å². The first-order chi connectivity index (χ1) is 6.97. The lowest BCUT2D eigenvalue weighted by Crippen LogP contribution is -2.14. The summed E-state index contributed by atoms with van der Waals surface area (Å²) >= 11 is 0. The third-order valence-corrected chi connectivity index (χ3v) is 2.08. The molecule has 0 aliphatic rings. The van der Waals surface area contributed by atoms with Gasteiger partial charge in [0.15, 0.2) is 0 Å². The summed E-state index contributed by atoms with van der Waals surface area (Å²) < 4.78 is 12.3. The second-order valence-corrected chi connectivity index (χ2v) is 3.32. The summed E-state index contributed by atoms with van der Waals surface area (Å²) in [5, 5.41) is 18.3. The molecule has 0 saturated carbocycles. The van der Waals surface area contributed by atoms with Crippen molar-refractivity contribution in [2.75, 3.05) is 6.67 Å². The number of aromatic carboxylic acids is 1. The number of alkyl halides is 1. The maximum Gasteiger partial charge on any atom is 0.339 e. The van der Waals surface area contributed by atoms with Gasteiger partial charge in [-0.05, 0) is 18.6 Å². The van der Waals surface area contributed by atoms with Crippen LogP contribution >= 0.6 is 12.4 Å². The van der Waals surface area contributed by atoms with E-state index >= 15 is 0 Å². The summed E-state index contributed by atoms with van der Waals surface area (Å²) in [5.41, 5.74) is 5.88. The lowest BCUT2D eigenvalue weighted by Gasteiger charge is -2.12. The summed E-state index contributed by atoms with van der Waals surface area (Å²) in [6, 6.07) is 1.79. The number of halogens is 2. The van der Waals surface area contributed by atoms with Gasteiger partial charge in [-0.3, -0.25) is 0 Å². The van der Waals surface area contributed by atoms with E-state index in [0.717, 1.165) is 0 Å². The van der Waals surface area contributed by atoms with Crippen molar-refractivity contribution in [1.29, 1.82) is 0 Å². The number of aryl methyl sites for hydroxylation is 1. The number of phenols is 1. The third-order valence-electron chi connectivity index (χ3n) is 2.08. The van der Waals surface area contributed by atoms with Crippen LogP contribution in [0.25, 0.3) is 0 Å².